The van der Waals surface area contributed by atoms with Gasteiger partial charge >= 0.3 is 0 Å². The van der Waals surface area contributed by atoms with Gasteiger partial charge in [-0.2, -0.15) is 0 Å². The van der Waals surface area contributed by atoms with E-state index in [1.807, 2.05) is 43.3 Å². The van der Waals surface area contributed by atoms with Crippen molar-refractivity contribution in [2.75, 3.05) is 30.9 Å². The third-order valence-electron chi connectivity index (χ3n) is 3.85. The molecule has 2 amide bonds. The maximum Gasteiger partial charge on any atom is 0.247 e. The number of anilines is 2. The number of piperidine rings is 1. The van der Waals surface area contributed by atoms with Gasteiger partial charge in [-0.25, -0.2) is 0 Å². The van der Waals surface area contributed by atoms with E-state index in [-0.39, 0.29) is 17.9 Å². The van der Waals surface area contributed by atoms with Crippen LogP contribution in [0.4, 0.5) is 11.4 Å². The Morgan fingerprint density at radius 1 is 1.24 bits per heavy atom. The van der Waals surface area contributed by atoms with Gasteiger partial charge in [0.25, 0.3) is 0 Å². The lowest BCUT2D eigenvalue weighted by atomic mass is 10.0. The van der Waals surface area contributed by atoms with E-state index in [2.05, 4.69) is 5.32 Å². The average Bonchev–Trinajstić information content (AvgIpc) is 2.47. The Kier molecular flexibility index (Phi) is 4.83. The normalized spacial score (nSPS) is 18.2. The zero-order valence-corrected chi connectivity index (χ0v) is 12.9. The number of carbonyl (C=O) groups excluding carboxylic acids is 2. The number of likely N-dealkylation sites (tertiary alicyclic amines) is 1. The van der Waals surface area contributed by atoms with Gasteiger partial charge in [-0.05, 0) is 31.4 Å². The maximum atomic E-state index is 12.5. The Labute approximate surface area is 125 Å². The molecule has 2 rings (SSSR count). The number of amides is 2. The molecule has 21 heavy (non-hydrogen) atoms. The number of para-hydroxylation sites is 2. The monoisotopic (exact) mass is 289 g/mol. The molecular weight excluding hydrogens is 266 g/mol. The molecule has 0 aliphatic carbocycles. The molecule has 114 valence electrons. The van der Waals surface area contributed by atoms with Crippen LogP contribution in [0.3, 0.4) is 0 Å². The van der Waals surface area contributed by atoms with Crippen molar-refractivity contribution in [3.05, 3.63) is 24.3 Å². The van der Waals surface area contributed by atoms with Crippen molar-refractivity contribution in [1.82, 2.24) is 4.90 Å². The van der Waals surface area contributed by atoms with Crippen molar-refractivity contribution in [3.8, 4) is 0 Å². The van der Waals surface area contributed by atoms with Gasteiger partial charge in [0, 0.05) is 27.6 Å². The summed E-state index contributed by atoms with van der Waals surface area (Å²) in [5.41, 5.74) is 1.73. The molecule has 1 heterocycles. The molecule has 1 aliphatic rings. The van der Waals surface area contributed by atoms with Gasteiger partial charge in [0.15, 0.2) is 0 Å². The van der Waals surface area contributed by atoms with Crippen molar-refractivity contribution < 1.29 is 9.59 Å². The maximum absolute atomic E-state index is 12.5. The van der Waals surface area contributed by atoms with Gasteiger partial charge in [-0.1, -0.05) is 12.1 Å². The van der Waals surface area contributed by atoms with E-state index < -0.39 is 0 Å². The van der Waals surface area contributed by atoms with E-state index in [9.17, 15) is 9.59 Å². The van der Waals surface area contributed by atoms with Gasteiger partial charge in [0.2, 0.25) is 11.8 Å². The molecule has 1 aliphatic heterocycles. The smallest absolute Gasteiger partial charge is 0.247 e. The standard InChI is InChI=1S/C16H23N3O2/c1-12(20)19-11-7-6-10-15(19)16(21)17-13-8-4-5-9-14(13)18(2)3/h4-5,8-9,15H,6-7,10-11H2,1-3H3,(H,17,21). The van der Waals surface area contributed by atoms with Crippen LogP contribution in [0, 0.1) is 0 Å². The van der Waals surface area contributed by atoms with Crippen molar-refractivity contribution in [2.45, 2.75) is 32.2 Å². The van der Waals surface area contributed by atoms with E-state index in [1.165, 1.54) is 6.92 Å². The molecule has 0 radical (unpaired) electrons. The van der Waals surface area contributed by atoms with E-state index in [0.717, 1.165) is 30.6 Å². The number of carbonyl (C=O) groups is 2. The van der Waals surface area contributed by atoms with Crippen molar-refractivity contribution in [1.29, 1.82) is 0 Å². The SMILES string of the molecule is CC(=O)N1CCCCC1C(=O)Nc1ccccc1N(C)C. The van der Waals surface area contributed by atoms with E-state index in [0.29, 0.717) is 6.54 Å². The van der Waals surface area contributed by atoms with Gasteiger partial charge < -0.3 is 15.1 Å². The first kappa shape index (κ1) is 15.4. The number of benzene rings is 1. The zero-order valence-electron chi connectivity index (χ0n) is 12.9. The number of hydrogen-bond acceptors (Lipinski definition) is 3. The number of hydrogen-bond donors (Lipinski definition) is 1. The first-order valence-electron chi connectivity index (χ1n) is 7.35. The van der Waals surface area contributed by atoms with Crippen LogP contribution < -0.4 is 10.2 Å². The lowest BCUT2D eigenvalue weighted by Gasteiger charge is -2.34. The molecule has 1 aromatic rings. The Balaban J connectivity index is 2.15. The summed E-state index contributed by atoms with van der Waals surface area (Å²) in [6.45, 7) is 2.20. The number of nitrogens with zero attached hydrogens (tertiary/aromatic N) is 2. The van der Waals surface area contributed by atoms with Crippen LogP contribution in [0.2, 0.25) is 0 Å². The molecule has 1 saturated heterocycles. The third-order valence-corrected chi connectivity index (χ3v) is 3.85. The summed E-state index contributed by atoms with van der Waals surface area (Å²) in [6, 6.07) is 7.32. The fourth-order valence-corrected chi connectivity index (χ4v) is 2.77. The van der Waals surface area contributed by atoms with Crippen LogP contribution in [-0.2, 0) is 9.59 Å². The van der Waals surface area contributed by atoms with E-state index >= 15 is 0 Å². The van der Waals surface area contributed by atoms with Crippen molar-refractivity contribution in [3.63, 3.8) is 0 Å². The summed E-state index contributed by atoms with van der Waals surface area (Å²) in [4.78, 5) is 27.8. The molecule has 5 nitrogen and oxygen atoms in total. The van der Waals surface area contributed by atoms with Crippen LogP contribution in [0.25, 0.3) is 0 Å². The second-order valence-corrected chi connectivity index (χ2v) is 5.62. The lowest BCUT2D eigenvalue weighted by Crippen LogP contribution is -2.49. The molecule has 0 spiro atoms. The summed E-state index contributed by atoms with van der Waals surface area (Å²) in [5.74, 6) is -0.130. The van der Waals surface area contributed by atoms with Crippen LogP contribution in [-0.4, -0.2) is 43.4 Å². The number of rotatable bonds is 3. The number of nitrogens with one attached hydrogen (secondary N) is 1. The minimum Gasteiger partial charge on any atom is -0.376 e. The molecule has 1 fully saturated rings. The summed E-state index contributed by atoms with van der Waals surface area (Å²) in [5, 5.41) is 2.97. The highest BCUT2D eigenvalue weighted by Gasteiger charge is 2.30. The second kappa shape index (κ2) is 6.61. The Morgan fingerprint density at radius 2 is 1.95 bits per heavy atom. The van der Waals surface area contributed by atoms with E-state index in [1.54, 1.807) is 4.90 Å². The topological polar surface area (TPSA) is 52.7 Å². The Bertz CT molecular complexity index is 528. The van der Waals surface area contributed by atoms with E-state index in [4.69, 9.17) is 0 Å². The molecule has 1 aromatic carbocycles. The van der Waals surface area contributed by atoms with Crippen LogP contribution in [0.1, 0.15) is 26.2 Å². The summed E-state index contributed by atoms with van der Waals surface area (Å²) < 4.78 is 0. The molecular formula is C16H23N3O2. The lowest BCUT2D eigenvalue weighted by molar-refractivity contribution is -0.138. The highest BCUT2D eigenvalue weighted by molar-refractivity contribution is 5.99. The minimum absolute atomic E-state index is 0.0317. The largest absolute Gasteiger partial charge is 0.376 e. The van der Waals surface area contributed by atoms with Crippen LogP contribution >= 0.6 is 0 Å². The third kappa shape index (κ3) is 3.54. The quantitative estimate of drug-likeness (QED) is 0.927. The summed E-state index contributed by atoms with van der Waals surface area (Å²) in [7, 11) is 3.88. The molecule has 1 unspecified atom stereocenters. The predicted molar refractivity (Wildman–Crippen MR) is 84.4 cm³/mol. The summed E-state index contributed by atoms with van der Waals surface area (Å²) in [6.07, 6.45) is 2.68. The fraction of sp³-hybridized carbons (Fsp3) is 0.500. The molecule has 1 N–H and O–H groups in total. The summed E-state index contributed by atoms with van der Waals surface area (Å²) >= 11 is 0. The van der Waals surface area contributed by atoms with Crippen LogP contribution in [0.5, 0.6) is 0 Å². The molecule has 5 heteroatoms. The minimum atomic E-state index is -0.355. The molecule has 1 atom stereocenters. The molecule has 0 saturated carbocycles. The Morgan fingerprint density at radius 3 is 2.62 bits per heavy atom. The van der Waals surface area contributed by atoms with Gasteiger partial charge in [0.1, 0.15) is 6.04 Å². The van der Waals surface area contributed by atoms with Gasteiger partial charge in [0.05, 0.1) is 11.4 Å². The molecule has 0 bridgehead atoms. The Hall–Kier alpha value is -2.04. The van der Waals surface area contributed by atoms with Gasteiger partial charge in [-0.3, -0.25) is 9.59 Å². The van der Waals surface area contributed by atoms with Crippen molar-refractivity contribution in [2.24, 2.45) is 0 Å². The first-order chi connectivity index (χ1) is 10.0. The van der Waals surface area contributed by atoms with Gasteiger partial charge in [-0.15, -0.1) is 0 Å². The van der Waals surface area contributed by atoms with Crippen molar-refractivity contribution >= 4 is 23.2 Å². The predicted octanol–water partition coefficient (Wildman–Crippen LogP) is 2.09. The fourth-order valence-electron chi connectivity index (χ4n) is 2.77. The zero-order chi connectivity index (χ0) is 15.4. The second-order valence-electron chi connectivity index (χ2n) is 5.62. The first-order valence-corrected chi connectivity index (χ1v) is 7.35. The highest BCUT2D eigenvalue weighted by Crippen LogP contribution is 2.25. The van der Waals surface area contributed by atoms with Crippen LogP contribution in [0.15, 0.2) is 24.3 Å². The average molecular weight is 289 g/mol. The molecule has 0 aromatic heterocycles. The highest BCUT2D eigenvalue weighted by atomic mass is 16.2.